The third-order valence-electron chi connectivity index (χ3n) is 3.97. The van der Waals surface area contributed by atoms with Gasteiger partial charge < -0.3 is 25.6 Å². The Balaban J connectivity index is 1.91. The number of rotatable bonds is 9. The van der Waals surface area contributed by atoms with Crippen molar-refractivity contribution >= 4 is 40.6 Å². The first-order chi connectivity index (χ1) is 13.9. The minimum Gasteiger partial charge on any atom is -0.480 e. The second-order valence-electron chi connectivity index (χ2n) is 6.17. The lowest BCUT2D eigenvalue weighted by Crippen LogP contribution is -2.53. The molecular formula is C20H21IN2O6. The van der Waals surface area contributed by atoms with Crippen molar-refractivity contribution in [1.82, 2.24) is 10.6 Å². The second-order valence-corrected chi connectivity index (χ2v) is 7.42. The van der Waals surface area contributed by atoms with E-state index in [1.807, 2.05) is 18.2 Å². The Bertz CT molecular complexity index is 829. The summed E-state index contributed by atoms with van der Waals surface area (Å²) in [6.45, 7) is -0.709. The van der Waals surface area contributed by atoms with E-state index < -0.39 is 36.7 Å². The number of carbonyl (C=O) groups excluding carboxylic acids is 2. The Morgan fingerprint density at radius 3 is 2.17 bits per heavy atom. The maximum absolute atomic E-state index is 12.3. The first-order valence-corrected chi connectivity index (χ1v) is 9.82. The fourth-order valence-corrected chi connectivity index (χ4v) is 2.79. The molecule has 0 aliphatic heterocycles. The van der Waals surface area contributed by atoms with Gasteiger partial charge >= 0.3 is 12.1 Å². The molecule has 2 amide bonds. The average Bonchev–Trinajstić information content (AvgIpc) is 2.72. The molecule has 0 bridgehead atoms. The van der Waals surface area contributed by atoms with Crippen molar-refractivity contribution in [1.29, 1.82) is 0 Å². The predicted octanol–water partition coefficient (Wildman–Crippen LogP) is 1.69. The fourth-order valence-electron chi connectivity index (χ4n) is 2.43. The van der Waals surface area contributed by atoms with Crippen LogP contribution in [-0.4, -0.2) is 46.9 Å². The third kappa shape index (κ3) is 7.70. The number of hydrogen-bond donors (Lipinski definition) is 4. The topological polar surface area (TPSA) is 125 Å². The summed E-state index contributed by atoms with van der Waals surface area (Å²) >= 11 is 2.13. The molecule has 0 heterocycles. The van der Waals surface area contributed by atoms with Crippen LogP contribution >= 0.6 is 22.6 Å². The van der Waals surface area contributed by atoms with Gasteiger partial charge in [0, 0.05) is 9.99 Å². The molecule has 9 heteroatoms. The molecule has 154 valence electrons. The van der Waals surface area contributed by atoms with Gasteiger partial charge in [-0.25, -0.2) is 9.59 Å². The van der Waals surface area contributed by atoms with Crippen molar-refractivity contribution in [2.45, 2.75) is 25.1 Å². The standard InChI is InChI=1S/C20H21IN2O6/c21-15-8-6-13(7-9-15)10-16(19(26)27)22-18(25)17(11-24)23-20(28)29-12-14-4-2-1-3-5-14/h1-9,16-17,24H,10-12H2,(H,22,25)(H,23,28)(H,26,27)/t16-,17-/m0/s1. The predicted molar refractivity (Wildman–Crippen MR) is 113 cm³/mol. The number of benzene rings is 2. The third-order valence-corrected chi connectivity index (χ3v) is 4.69. The molecule has 2 aromatic carbocycles. The van der Waals surface area contributed by atoms with E-state index in [2.05, 4.69) is 33.2 Å². The first-order valence-electron chi connectivity index (χ1n) is 8.74. The number of amides is 2. The molecule has 0 fully saturated rings. The van der Waals surface area contributed by atoms with E-state index in [0.29, 0.717) is 0 Å². The molecule has 0 aliphatic rings. The van der Waals surface area contributed by atoms with Gasteiger partial charge in [-0.2, -0.15) is 0 Å². The van der Waals surface area contributed by atoms with Crippen molar-refractivity contribution < 1.29 is 29.3 Å². The van der Waals surface area contributed by atoms with E-state index in [1.54, 1.807) is 36.4 Å². The van der Waals surface area contributed by atoms with E-state index in [1.165, 1.54) is 0 Å². The zero-order valence-corrected chi connectivity index (χ0v) is 17.5. The number of halogens is 1. The number of nitrogens with one attached hydrogen (secondary N) is 2. The van der Waals surface area contributed by atoms with Crippen LogP contribution in [0, 0.1) is 3.57 Å². The van der Waals surface area contributed by atoms with Gasteiger partial charge in [0.15, 0.2) is 0 Å². The molecule has 2 atom stereocenters. The highest BCUT2D eigenvalue weighted by atomic mass is 127. The Morgan fingerprint density at radius 2 is 1.59 bits per heavy atom. The monoisotopic (exact) mass is 512 g/mol. The number of aliphatic hydroxyl groups excluding tert-OH is 1. The molecule has 4 N–H and O–H groups in total. The number of ether oxygens (including phenoxy) is 1. The van der Waals surface area contributed by atoms with Crippen LogP contribution in [-0.2, 0) is 27.4 Å². The number of alkyl carbamates (subject to hydrolysis) is 1. The van der Waals surface area contributed by atoms with Crippen molar-refractivity contribution in [3.8, 4) is 0 Å². The minimum atomic E-state index is -1.34. The van der Waals surface area contributed by atoms with Gasteiger partial charge in [-0.3, -0.25) is 4.79 Å². The minimum absolute atomic E-state index is 0.00298. The quantitative estimate of drug-likeness (QED) is 0.379. The molecule has 0 aromatic heterocycles. The van der Waals surface area contributed by atoms with Gasteiger partial charge in [0.1, 0.15) is 18.7 Å². The van der Waals surface area contributed by atoms with E-state index in [9.17, 15) is 24.6 Å². The largest absolute Gasteiger partial charge is 0.480 e. The van der Waals surface area contributed by atoms with Crippen LogP contribution in [0.2, 0.25) is 0 Å². The van der Waals surface area contributed by atoms with Gasteiger partial charge in [0.25, 0.3) is 0 Å². The Morgan fingerprint density at radius 1 is 0.931 bits per heavy atom. The van der Waals surface area contributed by atoms with Gasteiger partial charge in [-0.15, -0.1) is 0 Å². The summed E-state index contributed by atoms with van der Waals surface area (Å²) in [6, 6.07) is 13.6. The van der Waals surface area contributed by atoms with Crippen molar-refractivity contribution in [3.05, 3.63) is 69.3 Å². The van der Waals surface area contributed by atoms with Crippen molar-refractivity contribution in [2.75, 3.05) is 6.61 Å². The van der Waals surface area contributed by atoms with Crippen LogP contribution in [0.3, 0.4) is 0 Å². The number of hydrogen-bond acceptors (Lipinski definition) is 5. The molecule has 0 saturated heterocycles. The van der Waals surface area contributed by atoms with Crippen LogP contribution in [0.15, 0.2) is 54.6 Å². The molecule has 29 heavy (non-hydrogen) atoms. The number of aliphatic hydroxyl groups is 1. The summed E-state index contributed by atoms with van der Waals surface area (Å²) < 4.78 is 6.01. The lowest BCUT2D eigenvalue weighted by atomic mass is 10.1. The van der Waals surface area contributed by atoms with Gasteiger partial charge in [0.2, 0.25) is 5.91 Å². The highest BCUT2D eigenvalue weighted by Gasteiger charge is 2.26. The maximum atomic E-state index is 12.3. The van der Waals surface area contributed by atoms with Gasteiger partial charge in [-0.05, 0) is 45.9 Å². The van der Waals surface area contributed by atoms with Crippen molar-refractivity contribution in [2.24, 2.45) is 0 Å². The van der Waals surface area contributed by atoms with E-state index in [4.69, 9.17) is 4.74 Å². The number of carboxylic acid groups (broad SMARTS) is 1. The Hall–Kier alpha value is -2.66. The highest BCUT2D eigenvalue weighted by Crippen LogP contribution is 2.09. The van der Waals surface area contributed by atoms with Gasteiger partial charge in [0.05, 0.1) is 6.61 Å². The normalized spacial score (nSPS) is 12.5. The molecule has 2 aromatic rings. The zero-order chi connectivity index (χ0) is 21.2. The molecule has 0 unspecified atom stereocenters. The molecule has 2 rings (SSSR count). The van der Waals surface area contributed by atoms with E-state index in [0.717, 1.165) is 14.7 Å². The molecule has 0 spiro atoms. The van der Waals surface area contributed by atoms with E-state index in [-0.39, 0.29) is 13.0 Å². The smallest absolute Gasteiger partial charge is 0.408 e. The van der Waals surface area contributed by atoms with Crippen LogP contribution in [0.1, 0.15) is 11.1 Å². The highest BCUT2D eigenvalue weighted by molar-refractivity contribution is 14.1. The number of aliphatic carboxylic acids is 1. The second kappa shape index (κ2) is 11.4. The summed E-state index contributed by atoms with van der Waals surface area (Å²) in [6.07, 6.45) is -0.832. The SMILES string of the molecule is O=C(N[C@@H](CO)C(=O)N[C@@H](Cc1ccc(I)cc1)C(=O)O)OCc1ccccc1. The zero-order valence-electron chi connectivity index (χ0n) is 15.4. The summed E-state index contributed by atoms with van der Waals surface area (Å²) in [5.41, 5.74) is 1.49. The van der Waals surface area contributed by atoms with Crippen molar-refractivity contribution in [3.63, 3.8) is 0 Å². The lowest BCUT2D eigenvalue weighted by molar-refractivity contribution is -0.142. The Kier molecular flexibility index (Phi) is 8.87. The molecule has 0 radical (unpaired) electrons. The summed E-state index contributed by atoms with van der Waals surface area (Å²) in [5, 5.41) is 23.4. The summed E-state index contributed by atoms with van der Waals surface area (Å²) in [7, 11) is 0. The van der Waals surface area contributed by atoms with Crippen LogP contribution < -0.4 is 10.6 Å². The molecule has 8 nitrogen and oxygen atoms in total. The maximum Gasteiger partial charge on any atom is 0.408 e. The van der Waals surface area contributed by atoms with Crippen LogP contribution in [0.4, 0.5) is 4.79 Å². The average molecular weight is 512 g/mol. The molecule has 0 saturated carbocycles. The molecular weight excluding hydrogens is 491 g/mol. The van der Waals surface area contributed by atoms with Crippen LogP contribution in [0.25, 0.3) is 0 Å². The summed E-state index contributed by atoms with van der Waals surface area (Å²) in [5.74, 6) is -2.04. The fraction of sp³-hybridized carbons (Fsp3) is 0.250. The number of carbonyl (C=O) groups is 3. The Labute approximate surface area is 181 Å². The first kappa shape index (κ1) is 22.6. The lowest BCUT2D eigenvalue weighted by Gasteiger charge is -2.20. The number of carboxylic acids is 1. The van der Waals surface area contributed by atoms with E-state index >= 15 is 0 Å². The van der Waals surface area contributed by atoms with Crippen LogP contribution in [0.5, 0.6) is 0 Å². The molecule has 0 aliphatic carbocycles. The summed E-state index contributed by atoms with van der Waals surface area (Å²) in [4.78, 5) is 35.7. The van der Waals surface area contributed by atoms with Gasteiger partial charge in [-0.1, -0.05) is 42.5 Å².